The predicted molar refractivity (Wildman–Crippen MR) is 174 cm³/mol. The van der Waals surface area contributed by atoms with Crippen molar-refractivity contribution in [3.05, 3.63) is 79.1 Å². The van der Waals surface area contributed by atoms with Gasteiger partial charge in [-0.1, -0.05) is 6.07 Å². The molecule has 0 radical (unpaired) electrons. The number of nitrogens with zero attached hydrogens (tertiary/aromatic N) is 6. The highest BCUT2D eigenvalue weighted by atomic mass is 16.5. The first-order chi connectivity index (χ1) is 21.9. The van der Waals surface area contributed by atoms with Gasteiger partial charge in [0.1, 0.15) is 5.82 Å². The Hall–Kier alpha value is -5.62. The van der Waals surface area contributed by atoms with Gasteiger partial charge in [0, 0.05) is 73.0 Å². The molecule has 3 heterocycles. The Labute approximate surface area is 260 Å². The van der Waals surface area contributed by atoms with E-state index in [1.807, 2.05) is 42.5 Å². The van der Waals surface area contributed by atoms with Gasteiger partial charge >= 0.3 is 12.0 Å². The zero-order valence-electron chi connectivity index (χ0n) is 25.2. The van der Waals surface area contributed by atoms with E-state index < -0.39 is 0 Å². The number of urea groups is 1. The zero-order valence-corrected chi connectivity index (χ0v) is 25.2. The molecular weight excluding hydrogens is 572 g/mol. The Balaban J connectivity index is 1.24. The molecule has 228 valence electrons. The van der Waals surface area contributed by atoms with Gasteiger partial charge in [-0.3, -0.25) is 4.79 Å². The van der Waals surface area contributed by atoms with E-state index in [0.29, 0.717) is 36.4 Å². The molecule has 0 saturated carbocycles. The van der Waals surface area contributed by atoms with Crippen LogP contribution in [0.25, 0.3) is 33.4 Å². The highest BCUT2D eigenvalue weighted by molar-refractivity contribution is 6.00. The van der Waals surface area contributed by atoms with Gasteiger partial charge in [-0.05, 0) is 66.2 Å². The number of fused-ring (bicyclic) bond motifs is 1. The molecule has 6 rings (SSSR count). The van der Waals surface area contributed by atoms with Crippen LogP contribution >= 0.6 is 0 Å². The Bertz CT molecular complexity index is 1820. The first kappa shape index (κ1) is 29.5. The molecule has 1 aliphatic rings. The van der Waals surface area contributed by atoms with Crippen LogP contribution in [0.15, 0.2) is 79.1 Å². The fourth-order valence-corrected chi connectivity index (χ4v) is 4.95. The summed E-state index contributed by atoms with van der Waals surface area (Å²) in [5.41, 5.74) is 5.32. The molecule has 5 aromatic rings. The van der Waals surface area contributed by atoms with Gasteiger partial charge in [0.15, 0.2) is 5.82 Å². The SMILES string of the molecule is COc1ncc(-c2ccc3c(N4CCOCC4)nc(-c4ccc(NC(=O)Nc5ccc(N(C)C(C)=O)cc5)cc4)nc3c2)cn1. The number of anilines is 4. The van der Waals surface area contributed by atoms with Crippen molar-refractivity contribution in [2.75, 3.05) is 60.9 Å². The van der Waals surface area contributed by atoms with E-state index in [2.05, 4.69) is 25.5 Å². The van der Waals surface area contributed by atoms with Gasteiger partial charge in [-0.2, -0.15) is 0 Å². The highest BCUT2D eigenvalue weighted by Crippen LogP contribution is 2.32. The van der Waals surface area contributed by atoms with Gasteiger partial charge in [0.25, 0.3) is 0 Å². The number of amides is 3. The molecule has 2 aromatic heterocycles. The van der Waals surface area contributed by atoms with E-state index in [1.165, 1.54) is 18.9 Å². The van der Waals surface area contributed by atoms with E-state index in [1.54, 1.807) is 43.7 Å². The average Bonchev–Trinajstić information content (AvgIpc) is 3.08. The second-order valence-electron chi connectivity index (χ2n) is 10.4. The molecule has 1 aliphatic heterocycles. The van der Waals surface area contributed by atoms with Gasteiger partial charge in [-0.15, -0.1) is 0 Å². The van der Waals surface area contributed by atoms with Gasteiger partial charge in [0.2, 0.25) is 5.91 Å². The molecule has 0 atom stereocenters. The lowest BCUT2D eigenvalue weighted by Gasteiger charge is -2.29. The first-order valence-electron chi connectivity index (χ1n) is 14.4. The molecule has 2 N–H and O–H groups in total. The molecule has 0 spiro atoms. The number of morpholine rings is 1. The topological polar surface area (TPSA) is 135 Å². The lowest BCUT2D eigenvalue weighted by molar-refractivity contribution is -0.116. The number of hydrogen-bond acceptors (Lipinski definition) is 9. The van der Waals surface area contributed by atoms with Crippen molar-refractivity contribution in [1.82, 2.24) is 19.9 Å². The maximum Gasteiger partial charge on any atom is 0.323 e. The van der Waals surface area contributed by atoms with Gasteiger partial charge in [0.05, 0.1) is 25.8 Å². The number of nitrogens with one attached hydrogen (secondary N) is 2. The van der Waals surface area contributed by atoms with Crippen LogP contribution < -0.4 is 25.2 Å². The molecule has 1 saturated heterocycles. The fraction of sp³-hybridized carbons (Fsp3) is 0.212. The summed E-state index contributed by atoms with van der Waals surface area (Å²) in [6.45, 7) is 4.21. The second-order valence-corrected chi connectivity index (χ2v) is 10.4. The van der Waals surface area contributed by atoms with Crippen LogP contribution in [0, 0.1) is 0 Å². The Morgan fingerprint density at radius 1 is 0.844 bits per heavy atom. The minimum absolute atomic E-state index is 0.0725. The van der Waals surface area contributed by atoms with Crippen molar-refractivity contribution in [3.63, 3.8) is 0 Å². The third-order valence-electron chi connectivity index (χ3n) is 7.52. The summed E-state index contributed by atoms with van der Waals surface area (Å²) in [5, 5.41) is 6.60. The zero-order chi connectivity index (χ0) is 31.3. The number of ether oxygens (including phenoxy) is 2. The average molecular weight is 605 g/mol. The van der Waals surface area contributed by atoms with Crippen LogP contribution in [0.4, 0.5) is 27.7 Å². The van der Waals surface area contributed by atoms with Crippen molar-refractivity contribution in [3.8, 4) is 28.5 Å². The third kappa shape index (κ3) is 6.65. The third-order valence-corrected chi connectivity index (χ3v) is 7.52. The van der Waals surface area contributed by atoms with E-state index >= 15 is 0 Å². The van der Waals surface area contributed by atoms with E-state index in [0.717, 1.165) is 52.2 Å². The van der Waals surface area contributed by atoms with Crippen LogP contribution in [-0.4, -0.2) is 72.3 Å². The number of rotatable bonds is 7. The summed E-state index contributed by atoms with van der Waals surface area (Å²) < 4.78 is 10.7. The van der Waals surface area contributed by atoms with E-state index in [9.17, 15) is 9.59 Å². The molecular formula is C33H32N8O4. The van der Waals surface area contributed by atoms with Gasteiger partial charge < -0.3 is 29.9 Å². The maximum absolute atomic E-state index is 12.7. The first-order valence-corrected chi connectivity index (χ1v) is 14.4. The van der Waals surface area contributed by atoms with E-state index in [4.69, 9.17) is 19.4 Å². The summed E-state index contributed by atoms with van der Waals surface area (Å²) >= 11 is 0. The molecule has 3 aromatic carbocycles. The smallest absolute Gasteiger partial charge is 0.323 e. The second kappa shape index (κ2) is 12.9. The minimum atomic E-state index is -0.387. The molecule has 0 aliphatic carbocycles. The standard InChI is InChI=1S/C33H32N8O4/c1-21(42)40(2)27-11-9-26(10-12-27)37-32(43)36-25-7-4-22(5-8-25)30-38-29-18-23(24-19-34-33(44-3)35-20-24)6-13-28(29)31(39-30)41-14-16-45-17-15-41/h4-13,18-20H,14-17H2,1-3H3,(H2,36,37,43). The van der Waals surface area contributed by atoms with Crippen molar-refractivity contribution in [2.24, 2.45) is 0 Å². The van der Waals surface area contributed by atoms with Crippen molar-refractivity contribution < 1.29 is 19.1 Å². The van der Waals surface area contributed by atoms with Gasteiger partial charge in [-0.25, -0.2) is 24.7 Å². The van der Waals surface area contributed by atoms with E-state index in [-0.39, 0.29) is 11.9 Å². The number of carbonyl (C=O) groups is 2. The van der Waals surface area contributed by atoms with Crippen LogP contribution in [0.3, 0.4) is 0 Å². The van der Waals surface area contributed by atoms with Crippen LogP contribution in [0.5, 0.6) is 6.01 Å². The number of aromatic nitrogens is 4. The Morgan fingerprint density at radius 3 is 2.09 bits per heavy atom. The largest absolute Gasteiger partial charge is 0.467 e. The highest BCUT2D eigenvalue weighted by Gasteiger charge is 2.19. The normalized spacial score (nSPS) is 12.9. The van der Waals surface area contributed by atoms with Crippen LogP contribution in [-0.2, 0) is 9.53 Å². The summed E-state index contributed by atoms with van der Waals surface area (Å²) in [7, 11) is 3.23. The maximum atomic E-state index is 12.7. The molecule has 12 nitrogen and oxygen atoms in total. The summed E-state index contributed by atoms with van der Waals surface area (Å²) in [5.74, 6) is 1.34. The number of hydrogen-bond donors (Lipinski definition) is 2. The summed E-state index contributed by atoms with van der Waals surface area (Å²) in [6, 6.07) is 20.4. The quantitative estimate of drug-likeness (QED) is 0.256. The molecule has 1 fully saturated rings. The summed E-state index contributed by atoms with van der Waals surface area (Å²) in [4.78, 5) is 46.4. The Morgan fingerprint density at radius 2 is 1.47 bits per heavy atom. The van der Waals surface area contributed by atoms with Crippen molar-refractivity contribution in [2.45, 2.75) is 6.92 Å². The minimum Gasteiger partial charge on any atom is -0.467 e. The molecule has 3 amide bonds. The fourth-order valence-electron chi connectivity index (χ4n) is 4.95. The molecule has 0 unspecified atom stereocenters. The molecule has 0 bridgehead atoms. The molecule has 45 heavy (non-hydrogen) atoms. The Kier molecular flexibility index (Phi) is 8.47. The van der Waals surface area contributed by atoms with Crippen molar-refractivity contribution in [1.29, 1.82) is 0 Å². The van der Waals surface area contributed by atoms with Crippen LogP contribution in [0.1, 0.15) is 6.92 Å². The number of carbonyl (C=O) groups excluding carboxylic acids is 2. The monoisotopic (exact) mass is 604 g/mol. The van der Waals surface area contributed by atoms with Crippen molar-refractivity contribution >= 4 is 45.7 Å². The van der Waals surface area contributed by atoms with Crippen LogP contribution in [0.2, 0.25) is 0 Å². The summed E-state index contributed by atoms with van der Waals surface area (Å²) in [6.07, 6.45) is 3.45. The molecule has 12 heteroatoms. The lowest BCUT2D eigenvalue weighted by Crippen LogP contribution is -2.37. The number of methoxy groups -OCH3 is 1. The lowest BCUT2D eigenvalue weighted by atomic mass is 10.1. The predicted octanol–water partition coefficient (Wildman–Crippen LogP) is 5.23. The number of benzene rings is 3.